The molecule has 0 unspecified atom stereocenters. The van der Waals surface area contributed by atoms with E-state index >= 15 is 0 Å². The molecule has 86 valence electrons. The Morgan fingerprint density at radius 1 is 1.18 bits per heavy atom. The first kappa shape index (κ1) is 11.4. The Bertz CT molecular complexity index is 565. The number of rotatable bonds is 3. The minimum atomic E-state index is -0.349. The Kier molecular flexibility index (Phi) is 3.24. The van der Waals surface area contributed by atoms with Crippen LogP contribution in [0.1, 0.15) is 5.56 Å². The molecule has 0 aliphatic heterocycles. The third kappa shape index (κ3) is 2.36. The van der Waals surface area contributed by atoms with Gasteiger partial charge in [0.25, 0.3) is 0 Å². The van der Waals surface area contributed by atoms with E-state index in [9.17, 15) is 4.79 Å². The van der Waals surface area contributed by atoms with Gasteiger partial charge in [0.2, 0.25) is 0 Å². The molecule has 0 spiro atoms. The van der Waals surface area contributed by atoms with Crippen molar-refractivity contribution in [1.29, 1.82) is 0 Å². The van der Waals surface area contributed by atoms with Crippen LogP contribution < -0.4 is 0 Å². The Balaban J connectivity index is 2.36. The van der Waals surface area contributed by atoms with Crippen molar-refractivity contribution in [3.8, 4) is 0 Å². The molecule has 0 fully saturated rings. The number of methoxy groups -OCH3 is 1. The number of carbonyl (C=O) groups is 1. The molecule has 0 N–H and O–H groups in total. The highest BCUT2D eigenvalue weighted by molar-refractivity contribution is 5.91. The van der Waals surface area contributed by atoms with Gasteiger partial charge in [0, 0.05) is 12.0 Å². The van der Waals surface area contributed by atoms with Gasteiger partial charge in [-0.05, 0) is 16.3 Å². The van der Waals surface area contributed by atoms with E-state index in [2.05, 4.69) is 29.5 Å². The lowest BCUT2D eigenvalue weighted by atomic mass is 9.99. The van der Waals surface area contributed by atoms with Crippen LogP contribution in [0, 0.1) is 0 Å². The molecule has 17 heavy (non-hydrogen) atoms. The normalized spacial score (nSPS) is 10.2. The van der Waals surface area contributed by atoms with Gasteiger partial charge >= 0.3 is 5.97 Å². The van der Waals surface area contributed by atoms with E-state index < -0.39 is 0 Å². The van der Waals surface area contributed by atoms with Crippen molar-refractivity contribution in [2.24, 2.45) is 0 Å². The summed E-state index contributed by atoms with van der Waals surface area (Å²) in [6, 6.07) is 14.2. The van der Waals surface area contributed by atoms with Crippen molar-refractivity contribution >= 4 is 16.7 Å². The minimum absolute atomic E-state index is 0.349. The SMILES string of the molecule is C=C(Cc1cccc2ccccc12)C(=O)OC. The van der Waals surface area contributed by atoms with Gasteiger partial charge < -0.3 is 4.74 Å². The summed E-state index contributed by atoms with van der Waals surface area (Å²) in [5.41, 5.74) is 1.57. The van der Waals surface area contributed by atoms with Crippen molar-refractivity contribution in [3.05, 3.63) is 60.2 Å². The molecule has 0 aliphatic carbocycles. The van der Waals surface area contributed by atoms with Crippen molar-refractivity contribution in [1.82, 2.24) is 0 Å². The van der Waals surface area contributed by atoms with Crippen molar-refractivity contribution in [2.45, 2.75) is 6.42 Å². The zero-order valence-electron chi connectivity index (χ0n) is 9.77. The summed E-state index contributed by atoms with van der Waals surface area (Å²) >= 11 is 0. The van der Waals surface area contributed by atoms with E-state index in [1.807, 2.05) is 24.3 Å². The summed E-state index contributed by atoms with van der Waals surface area (Å²) in [7, 11) is 1.37. The quantitative estimate of drug-likeness (QED) is 0.593. The molecule has 0 heterocycles. The average Bonchev–Trinajstić information content (AvgIpc) is 2.38. The van der Waals surface area contributed by atoms with Crippen LogP contribution in [-0.2, 0) is 16.0 Å². The van der Waals surface area contributed by atoms with E-state index in [4.69, 9.17) is 0 Å². The van der Waals surface area contributed by atoms with Crippen LogP contribution in [0.5, 0.6) is 0 Å². The number of hydrogen-bond acceptors (Lipinski definition) is 2. The summed E-state index contributed by atoms with van der Waals surface area (Å²) in [6.07, 6.45) is 0.522. The predicted octanol–water partition coefficient (Wildman–Crippen LogP) is 3.11. The molecule has 2 heteroatoms. The Morgan fingerprint density at radius 2 is 1.88 bits per heavy atom. The molecule has 2 nitrogen and oxygen atoms in total. The van der Waals surface area contributed by atoms with Crippen LogP contribution in [-0.4, -0.2) is 13.1 Å². The van der Waals surface area contributed by atoms with Gasteiger partial charge in [-0.25, -0.2) is 4.79 Å². The standard InChI is InChI=1S/C15H14O2/c1-11(15(16)17-2)10-13-8-5-7-12-6-3-4-9-14(12)13/h3-9H,1,10H2,2H3. The van der Waals surface area contributed by atoms with Gasteiger partial charge in [0.1, 0.15) is 0 Å². The second-order valence-corrected chi connectivity index (χ2v) is 3.91. The van der Waals surface area contributed by atoms with E-state index in [1.165, 1.54) is 12.5 Å². The molecule has 2 aromatic rings. The smallest absolute Gasteiger partial charge is 0.333 e. The third-order valence-corrected chi connectivity index (χ3v) is 2.76. The number of carbonyl (C=O) groups excluding carboxylic acids is 1. The fourth-order valence-electron chi connectivity index (χ4n) is 1.89. The van der Waals surface area contributed by atoms with E-state index in [0.717, 1.165) is 10.9 Å². The lowest BCUT2D eigenvalue weighted by Gasteiger charge is -2.07. The van der Waals surface area contributed by atoms with Crippen molar-refractivity contribution in [3.63, 3.8) is 0 Å². The lowest BCUT2D eigenvalue weighted by molar-refractivity contribution is -0.136. The largest absolute Gasteiger partial charge is 0.466 e. The summed E-state index contributed by atoms with van der Waals surface area (Å²) < 4.78 is 4.66. The van der Waals surface area contributed by atoms with Crippen LogP contribution in [0.25, 0.3) is 10.8 Å². The second-order valence-electron chi connectivity index (χ2n) is 3.91. The summed E-state index contributed by atoms with van der Waals surface area (Å²) in [5, 5.41) is 2.32. The predicted molar refractivity (Wildman–Crippen MR) is 68.8 cm³/mol. The zero-order valence-corrected chi connectivity index (χ0v) is 9.77. The molecule has 0 amide bonds. The highest BCUT2D eigenvalue weighted by Gasteiger charge is 2.09. The number of esters is 1. The second kappa shape index (κ2) is 4.83. The molecule has 0 aromatic heterocycles. The van der Waals surface area contributed by atoms with Crippen molar-refractivity contribution < 1.29 is 9.53 Å². The molecule has 2 rings (SSSR count). The molecular formula is C15H14O2. The molecule has 0 atom stereocenters. The maximum Gasteiger partial charge on any atom is 0.333 e. The maximum atomic E-state index is 11.3. The lowest BCUT2D eigenvalue weighted by Crippen LogP contribution is -2.06. The molecular weight excluding hydrogens is 212 g/mol. The Labute approximate surface area is 101 Å². The third-order valence-electron chi connectivity index (χ3n) is 2.76. The van der Waals surface area contributed by atoms with E-state index in [-0.39, 0.29) is 5.97 Å². The van der Waals surface area contributed by atoms with Gasteiger partial charge in [-0.15, -0.1) is 0 Å². The number of ether oxygens (including phenoxy) is 1. The monoisotopic (exact) mass is 226 g/mol. The van der Waals surface area contributed by atoms with Crippen LogP contribution in [0.3, 0.4) is 0 Å². The first-order valence-electron chi connectivity index (χ1n) is 5.45. The zero-order chi connectivity index (χ0) is 12.3. The first-order chi connectivity index (χ1) is 8.22. The van der Waals surface area contributed by atoms with Crippen LogP contribution in [0.4, 0.5) is 0 Å². The number of fused-ring (bicyclic) bond motifs is 1. The van der Waals surface area contributed by atoms with Gasteiger partial charge in [-0.1, -0.05) is 49.0 Å². The summed E-state index contributed by atoms with van der Waals surface area (Å²) in [5.74, 6) is -0.349. The van der Waals surface area contributed by atoms with E-state index in [1.54, 1.807) is 0 Å². The highest BCUT2D eigenvalue weighted by Crippen LogP contribution is 2.20. The Hall–Kier alpha value is -2.09. The van der Waals surface area contributed by atoms with Crippen molar-refractivity contribution in [2.75, 3.05) is 7.11 Å². The number of hydrogen-bond donors (Lipinski definition) is 0. The van der Waals surface area contributed by atoms with Gasteiger partial charge in [0.05, 0.1) is 7.11 Å². The van der Waals surface area contributed by atoms with Crippen LogP contribution in [0.15, 0.2) is 54.6 Å². The molecule has 0 radical (unpaired) electrons. The average molecular weight is 226 g/mol. The topological polar surface area (TPSA) is 26.3 Å². The fraction of sp³-hybridized carbons (Fsp3) is 0.133. The molecule has 2 aromatic carbocycles. The first-order valence-corrected chi connectivity index (χ1v) is 5.45. The van der Waals surface area contributed by atoms with E-state index in [0.29, 0.717) is 12.0 Å². The fourth-order valence-corrected chi connectivity index (χ4v) is 1.89. The van der Waals surface area contributed by atoms with Crippen LogP contribution in [0.2, 0.25) is 0 Å². The summed E-state index contributed by atoms with van der Waals surface area (Å²) in [4.78, 5) is 11.3. The van der Waals surface area contributed by atoms with Gasteiger partial charge in [0.15, 0.2) is 0 Å². The highest BCUT2D eigenvalue weighted by atomic mass is 16.5. The maximum absolute atomic E-state index is 11.3. The molecule has 0 bridgehead atoms. The molecule has 0 saturated carbocycles. The van der Waals surface area contributed by atoms with Crippen LogP contribution >= 0.6 is 0 Å². The number of benzene rings is 2. The minimum Gasteiger partial charge on any atom is -0.466 e. The molecule has 0 aliphatic rings. The Morgan fingerprint density at radius 3 is 2.65 bits per heavy atom. The van der Waals surface area contributed by atoms with Gasteiger partial charge in [-0.2, -0.15) is 0 Å². The summed E-state index contributed by atoms with van der Waals surface area (Å²) in [6.45, 7) is 3.75. The van der Waals surface area contributed by atoms with Gasteiger partial charge in [-0.3, -0.25) is 0 Å². The molecule has 0 saturated heterocycles.